The highest BCUT2D eigenvalue weighted by molar-refractivity contribution is 9.10. The summed E-state index contributed by atoms with van der Waals surface area (Å²) < 4.78 is 54.5. The Balaban J connectivity index is 0.000000151. The SMILES string of the molecule is CC1(C)OB(c2cnn3c2CCC3)OC1(C)C.COc1ccccc1CC(=O)Cc1ccc(-c2cnn(C)c2)cc1.COc1ccccc1CC(=O)Cc1ccc(-c2cnn3c2CCC3)cc1.COc1ccccc1CC(=O)Cc1ccc(Br)cc1.COc1ccccc1N=C=O.Cn1cc(B2OC(C)(C)C(C)(C)O2)cn1.Nc1ccc(Br)cc1. The fourth-order valence-corrected chi connectivity index (χ4v) is 14.1. The molecule has 0 amide bonds. The number of hydrogen-bond donors (Lipinski definition) is 1. The Labute approximate surface area is 721 Å². The quantitative estimate of drug-likeness (QED) is 0.0304. The van der Waals surface area contributed by atoms with Gasteiger partial charge in [0.25, 0.3) is 0 Å². The normalized spacial score (nSPS) is 14.4. The van der Waals surface area contributed by atoms with E-state index in [1.165, 1.54) is 48.5 Å². The zero-order valence-corrected chi connectivity index (χ0v) is 74.0. The zero-order valence-electron chi connectivity index (χ0n) is 70.8. The standard InChI is InChI=1S/C22H22N2O2.C20H20N2O2.C16H15BrO2.C12H19BN2O2.C10H17BN2O2.C8H7NO2.C6H6BrN/c1-26-22-7-3-2-5-18(22)14-19(25)13-16-8-10-17(11-9-16)20-15-23-24-12-4-6-21(20)24;1-22-14-18(13-21-22)16-9-7-15(8-10-16)11-19(23)12-17-5-3-4-6-20(17)24-2;1-19-16-5-3-2-4-13(16)11-15(18)10-12-6-8-14(17)9-7-12;1-11(2)12(3,4)17-13(16-11)9-8-14-15-7-5-6-10(9)15;1-9(2)10(3,4)15-11(14-9)8-6-12-13(5)7-8;1-11-8-5-3-2-4-7(8)9-6-10;7-5-1-3-6(8)4-2-5/h2-3,5,7-11,15H,4,6,12-14H2,1H3;3-10,13-14H,11-12H2,1-2H3;2-9H,10-11H2,1H3;8H,5-7H2,1-4H3;6-7H,1-5H3;2-5H,1H3;1-4H,8H2. The van der Waals surface area contributed by atoms with Crippen LogP contribution in [-0.4, -0.2) is 128 Å². The van der Waals surface area contributed by atoms with E-state index in [0.29, 0.717) is 50.0 Å². The Morgan fingerprint density at radius 2 is 0.825 bits per heavy atom. The number of methoxy groups -OCH3 is 4. The van der Waals surface area contributed by atoms with Gasteiger partial charge in [0, 0.05) is 155 Å². The summed E-state index contributed by atoms with van der Waals surface area (Å²) in [6.45, 7) is 18.5. The van der Waals surface area contributed by atoms with Crippen molar-refractivity contribution in [1.82, 2.24) is 39.1 Å². The van der Waals surface area contributed by atoms with Crippen molar-refractivity contribution < 1.29 is 56.7 Å². The number of aliphatic imine (C=N–C) groups is 1. The number of fused-ring (bicyclic) bond motifs is 2. The molecule has 0 atom stereocenters. The first-order chi connectivity index (χ1) is 57.5. The van der Waals surface area contributed by atoms with E-state index in [1.807, 2.05) is 224 Å². The number of ether oxygens (including phenoxy) is 4. The van der Waals surface area contributed by atoms with E-state index in [-0.39, 0.29) is 54.0 Å². The van der Waals surface area contributed by atoms with E-state index >= 15 is 0 Å². The molecule has 16 rings (SSSR count). The monoisotopic (exact) mass is 1750 g/mol. The Morgan fingerprint density at radius 3 is 1.25 bits per heavy atom. The molecule has 26 heteroatoms. The van der Waals surface area contributed by atoms with Crippen molar-refractivity contribution in [3.05, 3.63) is 285 Å². The second kappa shape index (κ2) is 42.7. The van der Waals surface area contributed by atoms with E-state index < -0.39 is 0 Å². The average Bonchev–Trinajstić information content (AvgIpc) is 1.60. The molecule has 4 aliphatic rings. The number of aromatic nitrogens is 8. The van der Waals surface area contributed by atoms with Gasteiger partial charge in [-0.3, -0.25) is 33.1 Å². The summed E-state index contributed by atoms with van der Waals surface area (Å²) in [4.78, 5) is 50.2. The summed E-state index contributed by atoms with van der Waals surface area (Å²) in [7, 11) is 9.63. The van der Waals surface area contributed by atoms with E-state index in [9.17, 15) is 19.2 Å². The van der Waals surface area contributed by atoms with Crippen LogP contribution in [0.4, 0.5) is 11.4 Å². The molecule has 0 spiro atoms. The summed E-state index contributed by atoms with van der Waals surface area (Å²) in [5.41, 5.74) is 20.7. The van der Waals surface area contributed by atoms with Gasteiger partial charge >= 0.3 is 14.2 Å². The maximum absolute atomic E-state index is 12.4. The van der Waals surface area contributed by atoms with Gasteiger partial charge in [0.15, 0.2) is 0 Å². The van der Waals surface area contributed by atoms with Crippen molar-refractivity contribution >= 4 is 91.8 Å². The lowest BCUT2D eigenvalue weighted by atomic mass is 9.79. The van der Waals surface area contributed by atoms with Crippen LogP contribution >= 0.6 is 31.9 Å². The highest BCUT2D eigenvalue weighted by Crippen LogP contribution is 2.39. The lowest BCUT2D eigenvalue weighted by molar-refractivity contribution is -0.118. The average molecular weight is 1750 g/mol. The number of ketones is 3. The van der Waals surface area contributed by atoms with Crippen LogP contribution < -0.4 is 35.6 Å². The number of rotatable bonds is 21. The molecule has 120 heavy (non-hydrogen) atoms. The van der Waals surface area contributed by atoms with Crippen LogP contribution in [0.15, 0.2) is 245 Å². The van der Waals surface area contributed by atoms with Gasteiger partial charge in [0.1, 0.15) is 46.0 Å². The largest absolute Gasteiger partial charge is 0.498 e. The van der Waals surface area contributed by atoms with Gasteiger partial charge in [-0.05, 0) is 176 Å². The van der Waals surface area contributed by atoms with E-state index in [1.54, 1.807) is 55.1 Å². The smallest absolute Gasteiger partial charge is 0.496 e. The number of nitrogen functional groups attached to an aromatic ring is 1. The van der Waals surface area contributed by atoms with Crippen molar-refractivity contribution in [2.75, 3.05) is 34.2 Å². The third-order valence-corrected chi connectivity index (χ3v) is 22.5. The van der Waals surface area contributed by atoms with Crippen molar-refractivity contribution in [2.45, 2.75) is 155 Å². The van der Waals surface area contributed by atoms with Crippen LogP contribution in [0.2, 0.25) is 0 Å². The first-order valence-electron chi connectivity index (χ1n) is 39.8. The molecule has 0 unspecified atom stereocenters. The number of isocyanates is 1. The zero-order chi connectivity index (χ0) is 86.2. The molecule has 0 saturated carbocycles. The lowest BCUT2D eigenvalue weighted by Gasteiger charge is -2.32. The summed E-state index contributed by atoms with van der Waals surface area (Å²) in [6.07, 6.45) is 19.8. The van der Waals surface area contributed by atoms with Gasteiger partial charge in [-0.1, -0.05) is 159 Å². The van der Waals surface area contributed by atoms with Crippen molar-refractivity contribution in [3.8, 4) is 45.3 Å². The number of para-hydroxylation sites is 5. The second-order valence-electron chi connectivity index (χ2n) is 31.3. The molecular formula is C94H106B2Br2N10O12. The number of Topliss-reactive ketones (excluding diaryl/α,β-unsaturated/α-hetero) is 3. The Hall–Kier alpha value is -11.1. The van der Waals surface area contributed by atoms with Crippen LogP contribution in [0.3, 0.4) is 0 Å². The highest BCUT2D eigenvalue weighted by atomic mass is 79.9. The summed E-state index contributed by atoms with van der Waals surface area (Å²) in [5, 5.41) is 17.1. The Kier molecular flexibility index (Phi) is 32.5. The van der Waals surface area contributed by atoms with Crippen LogP contribution in [0, 0.1) is 0 Å². The van der Waals surface area contributed by atoms with Gasteiger partial charge in [-0.25, -0.2) is 4.79 Å². The molecule has 8 heterocycles. The van der Waals surface area contributed by atoms with Gasteiger partial charge in [-0.15, -0.1) is 0 Å². The first kappa shape index (κ1) is 91.2. The summed E-state index contributed by atoms with van der Waals surface area (Å²) >= 11 is 6.67. The molecule has 0 radical (unpaired) electrons. The lowest BCUT2D eigenvalue weighted by Crippen LogP contribution is -2.41. The molecule has 0 aliphatic carbocycles. The van der Waals surface area contributed by atoms with E-state index in [4.69, 9.17) is 43.3 Å². The number of aryl methyl sites for hydroxylation is 4. The van der Waals surface area contributed by atoms with Crippen LogP contribution in [-0.2, 0) is 116 Å². The highest BCUT2D eigenvalue weighted by Gasteiger charge is 2.54. The predicted molar refractivity (Wildman–Crippen MR) is 480 cm³/mol. The first-order valence-corrected chi connectivity index (χ1v) is 41.4. The maximum atomic E-state index is 12.4. The number of carbonyl (C=O) groups is 3. The van der Waals surface area contributed by atoms with Gasteiger partial charge in [0.05, 0.1) is 63.2 Å². The molecule has 2 fully saturated rings. The third kappa shape index (κ3) is 25.3. The van der Waals surface area contributed by atoms with Crippen molar-refractivity contribution in [2.24, 2.45) is 19.1 Å². The maximum Gasteiger partial charge on any atom is 0.498 e. The second-order valence-corrected chi connectivity index (χ2v) is 33.1. The molecular weight excluding hydrogens is 1640 g/mol. The van der Waals surface area contributed by atoms with Crippen LogP contribution in [0.25, 0.3) is 22.3 Å². The number of halogens is 2. The number of benzene rings is 8. The van der Waals surface area contributed by atoms with Crippen molar-refractivity contribution in [1.29, 1.82) is 0 Å². The molecule has 2 N–H and O–H groups in total. The molecule has 0 bridgehead atoms. The topological polar surface area (TPSA) is 252 Å². The van der Waals surface area contributed by atoms with Gasteiger partial charge in [0.2, 0.25) is 6.08 Å². The molecule has 4 aliphatic heterocycles. The minimum absolute atomic E-state index is 0.175. The van der Waals surface area contributed by atoms with E-state index in [2.05, 4.69) is 119 Å². The molecule has 12 aromatic rings. The fourth-order valence-electron chi connectivity index (χ4n) is 13.6. The molecule has 624 valence electrons. The van der Waals surface area contributed by atoms with Gasteiger partial charge < -0.3 is 43.3 Å². The molecule has 2 saturated heterocycles. The van der Waals surface area contributed by atoms with Crippen LogP contribution in [0.1, 0.15) is 113 Å². The number of nitrogens with two attached hydrogens (primary N) is 1. The molecule has 22 nitrogen and oxygen atoms in total. The minimum atomic E-state index is -0.302. The number of hydrogen-bond acceptors (Lipinski definition) is 18. The number of carbonyl (C=O) groups excluding carboxylic acids is 4. The molecule has 8 aromatic carbocycles. The van der Waals surface area contributed by atoms with Crippen molar-refractivity contribution in [3.63, 3.8) is 0 Å². The number of nitrogens with zero attached hydrogens (tertiary/aromatic N) is 9. The van der Waals surface area contributed by atoms with E-state index in [0.717, 1.165) is 113 Å². The fraction of sp³-hybridized carbons (Fsp3) is 0.319. The third-order valence-electron chi connectivity index (χ3n) is 21.5. The number of anilines is 1. The predicted octanol–water partition coefficient (Wildman–Crippen LogP) is 16.7. The van der Waals surface area contributed by atoms with Crippen LogP contribution in [0.5, 0.6) is 23.0 Å². The minimum Gasteiger partial charge on any atom is -0.496 e. The Bertz CT molecular complexity index is 5350. The molecule has 4 aromatic heterocycles. The van der Waals surface area contributed by atoms with Gasteiger partial charge in [-0.2, -0.15) is 25.4 Å². The summed E-state index contributed by atoms with van der Waals surface area (Å²) in [6, 6.07) is 61.7. The Morgan fingerprint density at radius 1 is 0.442 bits per heavy atom. The summed E-state index contributed by atoms with van der Waals surface area (Å²) in [5.74, 6) is 3.43.